The molecule has 9 rings (SSSR count). The van der Waals surface area contributed by atoms with Gasteiger partial charge >= 0.3 is 0 Å². The van der Waals surface area contributed by atoms with Crippen molar-refractivity contribution in [2.75, 3.05) is 0 Å². The summed E-state index contributed by atoms with van der Waals surface area (Å²) < 4.78 is 14.8. The minimum absolute atomic E-state index is 0.0110. The first kappa shape index (κ1) is 22.2. The Bertz CT molecular complexity index is 2550. The first-order chi connectivity index (χ1) is 20.2. The monoisotopic (exact) mass is 528 g/mol. The third-order valence-corrected chi connectivity index (χ3v) is 8.11. The molecule has 41 heavy (non-hydrogen) atoms. The number of pyridine rings is 1. The average molecular weight is 529 g/mol. The van der Waals surface area contributed by atoms with Gasteiger partial charge in [-0.05, 0) is 71.8 Å². The minimum Gasteiger partial charge on any atom is -0.456 e. The molecule has 0 unspecified atom stereocenters. The van der Waals surface area contributed by atoms with Crippen LogP contribution in [0, 0.1) is 0 Å². The van der Waals surface area contributed by atoms with E-state index in [9.17, 15) is 4.79 Å². The van der Waals surface area contributed by atoms with Crippen molar-refractivity contribution in [2.24, 2.45) is 0 Å². The topological polar surface area (TPSA) is 61.2 Å². The summed E-state index contributed by atoms with van der Waals surface area (Å²) in [5, 5.41) is 5.49. The molecule has 0 aliphatic heterocycles. The van der Waals surface area contributed by atoms with Crippen LogP contribution in [0.15, 0.2) is 135 Å². The van der Waals surface area contributed by atoms with Gasteiger partial charge in [0.15, 0.2) is 0 Å². The Morgan fingerprint density at radius 3 is 2.12 bits per heavy atom. The first-order valence-corrected chi connectivity index (χ1v) is 13.5. The van der Waals surface area contributed by atoms with Crippen molar-refractivity contribution in [3.05, 3.63) is 132 Å². The lowest BCUT2D eigenvalue weighted by atomic mass is 10.0. The standard InChI is InChI=1S/C36H20N2O3/c39-35-26-6-2-4-8-32(26)40-33-19-22(11-14-27(33)35)21-9-12-23(13-10-21)38-29-17-18-37-20-28(29)34-30(38)16-15-25-24-5-1-3-7-31(24)41-36(25)34/h1-20H. The maximum absolute atomic E-state index is 13.0. The molecule has 5 nitrogen and oxygen atoms in total. The van der Waals surface area contributed by atoms with Gasteiger partial charge in [-0.15, -0.1) is 0 Å². The summed E-state index contributed by atoms with van der Waals surface area (Å²) in [7, 11) is 0. The van der Waals surface area contributed by atoms with Gasteiger partial charge in [0, 0.05) is 34.2 Å². The number of nitrogens with zero attached hydrogens (tertiary/aromatic N) is 2. The number of hydrogen-bond acceptors (Lipinski definition) is 4. The predicted octanol–water partition coefficient (Wildman–Crippen LogP) is 9.00. The van der Waals surface area contributed by atoms with Crippen molar-refractivity contribution < 1.29 is 8.83 Å². The molecular formula is C36H20N2O3. The highest BCUT2D eigenvalue weighted by Crippen LogP contribution is 2.40. The fourth-order valence-electron chi connectivity index (χ4n) is 6.19. The molecule has 0 bridgehead atoms. The number of hydrogen-bond donors (Lipinski definition) is 0. The van der Waals surface area contributed by atoms with Crippen molar-refractivity contribution in [1.29, 1.82) is 0 Å². The van der Waals surface area contributed by atoms with Crippen molar-refractivity contribution in [2.45, 2.75) is 0 Å². The molecule has 4 aromatic heterocycles. The molecule has 0 radical (unpaired) electrons. The summed E-state index contributed by atoms with van der Waals surface area (Å²) in [4.78, 5) is 17.4. The Morgan fingerprint density at radius 1 is 0.561 bits per heavy atom. The third-order valence-electron chi connectivity index (χ3n) is 8.11. The first-order valence-electron chi connectivity index (χ1n) is 13.5. The Kier molecular flexibility index (Phi) is 4.41. The fraction of sp³-hybridized carbons (Fsp3) is 0. The Hall–Kier alpha value is -5.68. The van der Waals surface area contributed by atoms with Crippen molar-refractivity contribution >= 4 is 65.7 Å². The van der Waals surface area contributed by atoms with Gasteiger partial charge in [0.2, 0.25) is 5.43 Å². The molecule has 0 fully saturated rings. The van der Waals surface area contributed by atoms with Crippen LogP contribution < -0.4 is 5.43 Å². The quantitative estimate of drug-likeness (QED) is 0.210. The van der Waals surface area contributed by atoms with Gasteiger partial charge in [0.05, 0.1) is 27.2 Å². The normalized spacial score (nSPS) is 12.0. The van der Waals surface area contributed by atoms with E-state index in [1.54, 1.807) is 6.07 Å². The molecular weight excluding hydrogens is 508 g/mol. The zero-order valence-corrected chi connectivity index (χ0v) is 21.7. The molecule has 0 aliphatic rings. The molecule has 192 valence electrons. The summed E-state index contributed by atoms with van der Waals surface area (Å²) in [6.07, 6.45) is 3.75. The second kappa shape index (κ2) is 8.16. The van der Waals surface area contributed by atoms with Crippen molar-refractivity contribution in [3.8, 4) is 16.8 Å². The SMILES string of the molecule is O=c1c2ccccc2oc2cc(-c3ccc(-n4c5ccncc5c5c6oc7ccccc7c6ccc54)cc3)ccc12. The summed E-state index contributed by atoms with van der Waals surface area (Å²) >= 11 is 0. The van der Waals surface area contributed by atoms with Crippen LogP contribution >= 0.6 is 0 Å². The maximum atomic E-state index is 13.0. The number of rotatable bonds is 2. The van der Waals surface area contributed by atoms with Crippen LogP contribution in [-0.2, 0) is 0 Å². The van der Waals surface area contributed by atoms with Crippen LogP contribution in [0.4, 0.5) is 0 Å². The van der Waals surface area contributed by atoms with E-state index in [4.69, 9.17) is 8.83 Å². The average Bonchev–Trinajstić information content (AvgIpc) is 3.57. The lowest BCUT2D eigenvalue weighted by Gasteiger charge is -2.10. The van der Waals surface area contributed by atoms with Gasteiger partial charge < -0.3 is 13.4 Å². The van der Waals surface area contributed by atoms with Crippen molar-refractivity contribution in [1.82, 2.24) is 9.55 Å². The van der Waals surface area contributed by atoms with Gasteiger partial charge in [-0.1, -0.05) is 48.5 Å². The lowest BCUT2D eigenvalue weighted by molar-refractivity contribution is 0.660. The Labute approximate surface area is 232 Å². The molecule has 0 saturated carbocycles. The number of fused-ring (bicyclic) bond motifs is 9. The molecule has 0 atom stereocenters. The van der Waals surface area contributed by atoms with Crippen LogP contribution in [0.25, 0.3) is 82.5 Å². The highest BCUT2D eigenvalue weighted by Gasteiger charge is 2.18. The van der Waals surface area contributed by atoms with Crippen LogP contribution in [-0.4, -0.2) is 9.55 Å². The van der Waals surface area contributed by atoms with E-state index >= 15 is 0 Å². The van der Waals surface area contributed by atoms with E-state index < -0.39 is 0 Å². The van der Waals surface area contributed by atoms with Crippen molar-refractivity contribution in [3.63, 3.8) is 0 Å². The van der Waals surface area contributed by atoms with Gasteiger partial charge in [0.25, 0.3) is 0 Å². The highest BCUT2D eigenvalue weighted by atomic mass is 16.3. The molecule has 0 N–H and O–H groups in total. The molecule has 0 aliphatic carbocycles. The number of furan rings is 1. The summed E-state index contributed by atoms with van der Waals surface area (Å²) in [5.41, 5.74) is 8.10. The molecule has 0 spiro atoms. The summed E-state index contributed by atoms with van der Waals surface area (Å²) in [6, 6.07) is 36.1. The second-order valence-corrected chi connectivity index (χ2v) is 10.3. The number of para-hydroxylation sites is 2. The van der Waals surface area contributed by atoms with E-state index in [1.165, 1.54) is 0 Å². The zero-order valence-electron chi connectivity index (χ0n) is 21.7. The van der Waals surface area contributed by atoms with E-state index in [2.05, 4.69) is 52.0 Å². The smallest absolute Gasteiger partial charge is 0.200 e. The van der Waals surface area contributed by atoms with Crippen LogP contribution in [0.2, 0.25) is 0 Å². The second-order valence-electron chi connectivity index (χ2n) is 10.3. The van der Waals surface area contributed by atoms with Gasteiger partial charge in [-0.25, -0.2) is 0 Å². The molecule has 0 saturated heterocycles. The molecule has 5 heteroatoms. The van der Waals surface area contributed by atoms with Crippen LogP contribution in [0.1, 0.15) is 0 Å². The molecule has 4 heterocycles. The molecule has 0 amide bonds. The lowest BCUT2D eigenvalue weighted by Crippen LogP contribution is -2.01. The maximum Gasteiger partial charge on any atom is 0.200 e. The van der Waals surface area contributed by atoms with Gasteiger partial charge in [0.1, 0.15) is 22.3 Å². The van der Waals surface area contributed by atoms with E-state index in [0.717, 1.165) is 60.6 Å². The van der Waals surface area contributed by atoms with E-state index in [1.807, 2.05) is 73.1 Å². The number of aromatic nitrogens is 2. The van der Waals surface area contributed by atoms with Gasteiger partial charge in [-0.3, -0.25) is 9.78 Å². The minimum atomic E-state index is -0.0110. The molecule has 5 aromatic carbocycles. The molecule has 9 aromatic rings. The largest absolute Gasteiger partial charge is 0.456 e. The number of benzene rings is 5. The third kappa shape index (κ3) is 3.11. The summed E-state index contributed by atoms with van der Waals surface area (Å²) in [6.45, 7) is 0. The Balaban J connectivity index is 1.22. The van der Waals surface area contributed by atoms with Gasteiger partial charge in [-0.2, -0.15) is 0 Å². The predicted molar refractivity (Wildman–Crippen MR) is 165 cm³/mol. The highest BCUT2D eigenvalue weighted by molar-refractivity contribution is 6.23. The van der Waals surface area contributed by atoms with E-state index in [0.29, 0.717) is 21.9 Å². The van der Waals surface area contributed by atoms with Crippen LogP contribution in [0.5, 0.6) is 0 Å². The summed E-state index contributed by atoms with van der Waals surface area (Å²) in [5.74, 6) is 0. The zero-order chi connectivity index (χ0) is 27.1. The fourth-order valence-corrected chi connectivity index (χ4v) is 6.19. The Morgan fingerprint density at radius 2 is 1.27 bits per heavy atom. The van der Waals surface area contributed by atoms with Crippen LogP contribution in [0.3, 0.4) is 0 Å². The van der Waals surface area contributed by atoms with E-state index in [-0.39, 0.29) is 5.43 Å².